The Labute approximate surface area is 226 Å². The van der Waals surface area contributed by atoms with E-state index in [0.29, 0.717) is 30.4 Å². The minimum atomic E-state index is -0.179. The highest BCUT2D eigenvalue weighted by Crippen LogP contribution is 2.31. The van der Waals surface area contributed by atoms with Gasteiger partial charge in [0, 0.05) is 70.0 Å². The largest absolute Gasteiger partial charge is 0.367 e. The van der Waals surface area contributed by atoms with E-state index >= 15 is 0 Å². The van der Waals surface area contributed by atoms with E-state index in [1.165, 1.54) is 12.0 Å². The maximum Gasteiger partial charge on any atom is 0.319 e. The van der Waals surface area contributed by atoms with Gasteiger partial charge in [0.2, 0.25) is 0 Å². The first-order valence-corrected chi connectivity index (χ1v) is 14.3. The third kappa shape index (κ3) is 6.48. The highest BCUT2D eigenvalue weighted by molar-refractivity contribution is 5.99. The molecule has 204 valence electrons. The van der Waals surface area contributed by atoms with Crippen LogP contribution in [0, 0.1) is 0 Å². The zero-order valence-corrected chi connectivity index (χ0v) is 22.6. The Hall–Kier alpha value is -3.10. The van der Waals surface area contributed by atoms with Crippen LogP contribution < -0.4 is 20.9 Å². The SMILES string of the molecule is CC(c1ccccc1)N1CCN(c2ccc(C(=O)N3CCNCC3)cc2NC(=O)NC2CCCCC2)CC1. The van der Waals surface area contributed by atoms with Gasteiger partial charge in [-0.1, -0.05) is 49.6 Å². The molecule has 1 saturated carbocycles. The molecule has 8 heteroatoms. The molecule has 1 aliphatic carbocycles. The minimum absolute atomic E-state index is 0.0234. The van der Waals surface area contributed by atoms with Crippen molar-refractivity contribution in [3.63, 3.8) is 0 Å². The maximum absolute atomic E-state index is 13.2. The fraction of sp³-hybridized carbons (Fsp3) is 0.533. The van der Waals surface area contributed by atoms with Crippen molar-refractivity contribution in [1.82, 2.24) is 20.4 Å². The van der Waals surface area contributed by atoms with E-state index < -0.39 is 0 Å². The molecule has 3 amide bonds. The summed E-state index contributed by atoms with van der Waals surface area (Å²) < 4.78 is 0. The van der Waals surface area contributed by atoms with Crippen molar-refractivity contribution in [2.75, 3.05) is 62.6 Å². The molecule has 2 aromatic rings. The van der Waals surface area contributed by atoms with Crippen LogP contribution in [0.15, 0.2) is 48.5 Å². The lowest BCUT2D eigenvalue weighted by Gasteiger charge is -2.40. The van der Waals surface area contributed by atoms with Gasteiger partial charge in [-0.25, -0.2) is 4.79 Å². The van der Waals surface area contributed by atoms with Gasteiger partial charge in [-0.15, -0.1) is 0 Å². The molecule has 2 aromatic carbocycles. The molecule has 2 saturated heterocycles. The van der Waals surface area contributed by atoms with Gasteiger partial charge in [0.15, 0.2) is 0 Å². The van der Waals surface area contributed by atoms with Gasteiger partial charge >= 0.3 is 6.03 Å². The number of anilines is 2. The van der Waals surface area contributed by atoms with E-state index in [1.807, 2.05) is 23.1 Å². The molecule has 0 spiro atoms. The number of carbonyl (C=O) groups is 2. The highest BCUT2D eigenvalue weighted by Gasteiger charge is 2.26. The smallest absolute Gasteiger partial charge is 0.319 e. The summed E-state index contributed by atoms with van der Waals surface area (Å²) in [6.45, 7) is 8.89. The quantitative estimate of drug-likeness (QED) is 0.537. The van der Waals surface area contributed by atoms with Crippen LogP contribution >= 0.6 is 0 Å². The number of rotatable bonds is 6. The van der Waals surface area contributed by atoms with Crippen molar-refractivity contribution in [3.05, 3.63) is 59.7 Å². The second-order valence-corrected chi connectivity index (χ2v) is 10.8. The van der Waals surface area contributed by atoms with Gasteiger partial charge in [0.25, 0.3) is 5.91 Å². The topological polar surface area (TPSA) is 80.0 Å². The van der Waals surface area contributed by atoms with Gasteiger partial charge in [0.1, 0.15) is 0 Å². The predicted molar refractivity (Wildman–Crippen MR) is 153 cm³/mol. The summed E-state index contributed by atoms with van der Waals surface area (Å²) in [5.41, 5.74) is 3.65. The fourth-order valence-corrected chi connectivity index (χ4v) is 5.98. The summed E-state index contributed by atoms with van der Waals surface area (Å²) in [7, 11) is 0. The first kappa shape index (κ1) is 26.5. The molecule has 38 heavy (non-hydrogen) atoms. The van der Waals surface area contributed by atoms with E-state index in [4.69, 9.17) is 0 Å². The number of piperazine rings is 2. The number of benzene rings is 2. The summed E-state index contributed by atoms with van der Waals surface area (Å²) in [5.74, 6) is 0.0234. The molecular formula is C30H42N6O2. The standard InChI is InChI=1S/C30H42N6O2/c1-23(24-8-4-2-5-9-24)34-18-20-35(21-19-34)28-13-12-25(29(37)36-16-14-31-15-17-36)22-27(28)33-30(38)32-26-10-6-3-7-11-26/h2,4-5,8-9,12-13,22-23,26,31H,3,6-7,10-11,14-21H2,1H3,(H2,32,33,38). The summed E-state index contributed by atoms with van der Waals surface area (Å²) in [6, 6.07) is 16.9. The second-order valence-electron chi connectivity index (χ2n) is 10.8. The van der Waals surface area contributed by atoms with Crippen LogP contribution in [0.2, 0.25) is 0 Å². The van der Waals surface area contributed by atoms with E-state index in [2.05, 4.69) is 63.0 Å². The lowest BCUT2D eigenvalue weighted by atomic mass is 9.96. The molecule has 0 bridgehead atoms. The molecule has 3 N–H and O–H groups in total. The molecule has 3 fully saturated rings. The van der Waals surface area contributed by atoms with E-state index in [-0.39, 0.29) is 18.0 Å². The van der Waals surface area contributed by atoms with Gasteiger partial charge < -0.3 is 25.8 Å². The second kappa shape index (κ2) is 12.6. The number of hydrogen-bond donors (Lipinski definition) is 3. The van der Waals surface area contributed by atoms with Crippen molar-refractivity contribution in [2.24, 2.45) is 0 Å². The molecule has 2 aliphatic heterocycles. The summed E-state index contributed by atoms with van der Waals surface area (Å²) in [4.78, 5) is 33.0. The third-order valence-corrected chi connectivity index (χ3v) is 8.32. The van der Waals surface area contributed by atoms with Crippen LogP contribution in [0.5, 0.6) is 0 Å². The Bertz CT molecular complexity index is 1070. The molecular weight excluding hydrogens is 476 g/mol. The fourth-order valence-electron chi connectivity index (χ4n) is 5.98. The monoisotopic (exact) mass is 518 g/mol. The van der Waals surface area contributed by atoms with Crippen LogP contribution in [0.1, 0.15) is 61.0 Å². The van der Waals surface area contributed by atoms with Crippen molar-refractivity contribution >= 4 is 23.3 Å². The molecule has 3 aliphatic rings. The average Bonchev–Trinajstić information content (AvgIpc) is 2.98. The van der Waals surface area contributed by atoms with E-state index in [1.54, 1.807) is 0 Å². The van der Waals surface area contributed by atoms with Gasteiger partial charge in [-0.3, -0.25) is 9.69 Å². The molecule has 1 atom stereocenters. The Kier molecular flexibility index (Phi) is 8.81. The number of nitrogens with zero attached hydrogens (tertiary/aromatic N) is 3. The molecule has 8 nitrogen and oxygen atoms in total. The Morgan fingerprint density at radius 1 is 0.895 bits per heavy atom. The number of urea groups is 1. The average molecular weight is 519 g/mol. The maximum atomic E-state index is 13.2. The lowest BCUT2D eigenvalue weighted by Crippen LogP contribution is -2.47. The highest BCUT2D eigenvalue weighted by atomic mass is 16.2. The molecule has 5 rings (SSSR count). The van der Waals surface area contributed by atoms with Crippen LogP contribution in [0.4, 0.5) is 16.2 Å². The molecule has 0 aromatic heterocycles. The molecule has 2 heterocycles. The molecule has 0 radical (unpaired) electrons. The normalized spacial score (nSPS) is 20.1. The zero-order valence-electron chi connectivity index (χ0n) is 22.6. The summed E-state index contributed by atoms with van der Waals surface area (Å²) in [5, 5.41) is 9.60. The van der Waals surface area contributed by atoms with Crippen molar-refractivity contribution in [1.29, 1.82) is 0 Å². The first-order valence-electron chi connectivity index (χ1n) is 14.3. The van der Waals surface area contributed by atoms with Crippen LogP contribution in [0.3, 0.4) is 0 Å². The number of nitrogens with one attached hydrogen (secondary N) is 3. The van der Waals surface area contributed by atoms with E-state index in [9.17, 15) is 9.59 Å². The number of hydrogen-bond acceptors (Lipinski definition) is 5. The third-order valence-electron chi connectivity index (χ3n) is 8.32. The van der Waals surface area contributed by atoms with Gasteiger partial charge in [-0.2, -0.15) is 0 Å². The Morgan fingerprint density at radius 3 is 2.32 bits per heavy atom. The zero-order chi connectivity index (χ0) is 26.3. The number of amides is 3. The van der Waals surface area contributed by atoms with Crippen molar-refractivity contribution in [2.45, 2.75) is 51.1 Å². The minimum Gasteiger partial charge on any atom is -0.367 e. The number of carbonyl (C=O) groups excluding carboxylic acids is 2. The van der Waals surface area contributed by atoms with Crippen molar-refractivity contribution in [3.8, 4) is 0 Å². The van der Waals surface area contributed by atoms with Crippen LogP contribution in [-0.4, -0.2) is 80.1 Å². The predicted octanol–water partition coefficient (Wildman–Crippen LogP) is 4.07. The van der Waals surface area contributed by atoms with Crippen molar-refractivity contribution < 1.29 is 9.59 Å². The molecule has 1 unspecified atom stereocenters. The summed E-state index contributed by atoms with van der Waals surface area (Å²) in [6.07, 6.45) is 5.63. The Balaban J connectivity index is 1.31. The lowest BCUT2D eigenvalue weighted by molar-refractivity contribution is 0.0736. The first-order chi connectivity index (χ1) is 18.6. The van der Waals surface area contributed by atoms with Gasteiger partial charge in [0.05, 0.1) is 11.4 Å². The van der Waals surface area contributed by atoms with E-state index in [0.717, 1.165) is 70.6 Å². The van der Waals surface area contributed by atoms with Gasteiger partial charge in [-0.05, 0) is 43.5 Å². The summed E-state index contributed by atoms with van der Waals surface area (Å²) >= 11 is 0. The van der Waals surface area contributed by atoms with Crippen LogP contribution in [0.25, 0.3) is 0 Å². The van der Waals surface area contributed by atoms with Crippen LogP contribution in [-0.2, 0) is 0 Å². The Morgan fingerprint density at radius 2 is 1.61 bits per heavy atom.